The van der Waals surface area contributed by atoms with Crippen molar-refractivity contribution in [1.29, 1.82) is 0 Å². The van der Waals surface area contributed by atoms with Gasteiger partial charge in [0.25, 0.3) is 0 Å². The molecule has 0 amide bonds. The highest BCUT2D eigenvalue weighted by atomic mass is 14.9. The maximum Gasteiger partial charge on any atom is 0.00756 e. The molecule has 0 radical (unpaired) electrons. The van der Waals surface area contributed by atoms with Gasteiger partial charge in [0.2, 0.25) is 0 Å². The molecule has 0 aromatic heterocycles. The maximum atomic E-state index is 3.60. The Balaban J connectivity index is 2.21. The second-order valence-electron chi connectivity index (χ2n) is 5.93. The van der Waals surface area contributed by atoms with Crippen LogP contribution in [0.5, 0.6) is 0 Å². The molecular weight excluding hydrogens is 206 g/mol. The molecule has 0 heterocycles. The van der Waals surface area contributed by atoms with Gasteiger partial charge in [-0.25, -0.2) is 0 Å². The van der Waals surface area contributed by atoms with E-state index >= 15 is 0 Å². The fraction of sp³-hybridized carbons (Fsp3) is 0.625. The number of hydrogen-bond donors (Lipinski definition) is 1. The minimum Gasteiger partial charge on any atom is -0.314 e. The van der Waals surface area contributed by atoms with Crippen LogP contribution in [0.2, 0.25) is 0 Å². The van der Waals surface area contributed by atoms with Crippen LogP contribution in [0.1, 0.15) is 49.8 Å². The fourth-order valence-corrected chi connectivity index (χ4v) is 3.29. The first kappa shape index (κ1) is 12.6. The van der Waals surface area contributed by atoms with Gasteiger partial charge in [0.1, 0.15) is 0 Å². The van der Waals surface area contributed by atoms with E-state index in [4.69, 9.17) is 0 Å². The molecule has 0 aliphatic heterocycles. The lowest BCUT2D eigenvalue weighted by atomic mass is 9.79. The van der Waals surface area contributed by atoms with Crippen molar-refractivity contribution in [3.05, 3.63) is 34.9 Å². The van der Waals surface area contributed by atoms with Crippen LogP contribution < -0.4 is 5.32 Å². The van der Waals surface area contributed by atoms with E-state index in [2.05, 4.69) is 51.2 Å². The van der Waals surface area contributed by atoms with Crippen LogP contribution in [0.4, 0.5) is 0 Å². The lowest BCUT2D eigenvalue weighted by Crippen LogP contribution is -2.28. The van der Waals surface area contributed by atoms with Gasteiger partial charge in [-0.1, -0.05) is 43.2 Å². The Bertz CT molecular complexity index is 376. The Kier molecular flexibility index (Phi) is 3.58. The van der Waals surface area contributed by atoms with Crippen molar-refractivity contribution in [2.24, 2.45) is 0 Å². The first-order chi connectivity index (χ1) is 8.03. The first-order valence-corrected chi connectivity index (χ1v) is 6.85. The van der Waals surface area contributed by atoms with Crippen molar-refractivity contribution in [1.82, 2.24) is 5.32 Å². The third-order valence-corrected chi connectivity index (χ3v) is 4.15. The molecule has 0 saturated heterocycles. The van der Waals surface area contributed by atoms with Crippen molar-refractivity contribution in [3.63, 3.8) is 0 Å². The number of rotatable bonds is 3. The summed E-state index contributed by atoms with van der Waals surface area (Å²) in [7, 11) is 0. The van der Waals surface area contributed by atoms with Crippen LogP contribution in [0.15, 0.2) is 18.2 Å². The third kappa shape index (κ3) is 2.71. The van der Waals surface area contributed by atoms with Gasteiger partial charge in [0.15, 0.2) is 0 Å². The van der Waals surface area contributed by atoms with E-state index in [0.717, 1.165) is 6.54 Å². The number of benzene rings is 1. The molecule has 1 aromatic carbocycles. The smallest absolute Gasteiger partial charge is 0.00756 e. The Morgan fingerprint density at radius 1 is 1.24 bits per heavy atom. The van der Waals surface area contributed by atoms with E-state index in [9.17, 15) is 0 Å². The van der Waals surface area contributed by atoms with Gasteiger partial charge in [-0.05, 0) is 50.6 Å². The van der Waals surface area contributed by atoms with E-state index in [1.807, 2.05) is 0 Å². The summed E-state index contributed by atoms with van der Waals surface area (Å²) in [5.41, 5.74) is 4.71. The SMILES string of the molecule is CCNC1CCC(C)(c2cc(C)cc(C)c2)C1. The molecule has 1 N–H and O–H groups in total. The minimum absolute atomic E-state index is 0.379. The molecule has 17 heavy (non-hydrogen) atoms. The molecule has 94 valence electrons. The standard InChI is InChI=1S/C16H25N/c1-5-17-15-6-7-16(4,11-15)14-9-12(2)8-13(3)10-14/h8-10,15,17H,5-7,11H2,1-4H3. The van der Waals surface area contributed by atoms with E-state index in [-0.39, 0.29) is 0 Å². The molecular formula is C16H25N. The van der Waals surface area contributed by atoms with Crippen molar-refractivity contribution in [2.45, 2.75) is 58.4 Å². The summed E-state index contributed by atoms with van der Waals surface area (Å²) >= 11 is 0. The van der Waals surface area contributed by atoms with Gasteiger partial charge in [-0.2, -0.15) is 0 Å². The summed E-state index contributed by atoms with van der Waals surface area (Å²) in [6, 6.07) is 7.73. The normalized spacial score (nSPS) is 28.6. The maximum absolute atomic E-state index is 3.60. The van der Waals surface area contributed by atoms with Gasteiger partial charge in [0, 0.05) is 6.04 Å². The van der Waals surface area contributed by atoms with Crippen LogP contribution in [-0.2, 0) is 5.41 Å². The molecule has 1 aliphatic rings. The van der Waals surface area contributed by atoms with Crippen molar-refractivity contribution >= 4 is 0 Å². The first-order valence-electron chi connectivity index (χ1n) is 6.85. The largest absolute Gasteiger partial charge is 0.314 e. The Labute approximate surface area is 106 Å². The minimum atomic E-state index is 0.379. The quantitative estimate of drug-likeness (QED) is 0.836. The van der Waals surface area contributed by atoms with Crippen LogP contribution in [0.3, 0.4) is 0 Å². The summed E-state index contributed by atoms with van der Waals surface area (Å²) in [4.78, 5) is 0. The second kappa shape index (κ2) is 4.81. The molecule has 0 spiro atoms. The van der Waals surface area contributed by atoms with Crippen molar-refractivity contribution in [2.75, 3.05) is 6.54 Å². The highest BCUT2D eigenvalue weighted by Gasteiger charge is 2.36. The Hall–Kier alpha value is -0.820. The van der Waals surface area contributed by atoms with Crippen molar-refractivity contribution in [3.8, 4) is 0 Å². The van der Waals surface area contributed by atoms with Crippen molar-refractivity contribution < 1.29 is 0 Å². The third-order valence-electron chi connectivity index (χ3n) is 4.15. The highest BCUT2D eigenvalue weighted by molar-refractivity contribution is 5.34. The van der Waals surface area contributed by atoms with E-state index in [0.29, 0.717) is 11.5 Å². The summed E-state index contributed by atoms with van der Waals surface area (Å²) in [5.74, 6) is 0. The van der Waals surface area contributed by atoms with Crippen LogP contribution in [0, 0.1) is 13.8 Å². The second-order valence-corrected chi connectivity index (χ2v) is 5.93. The molecule has 1 nitrogen and oxygen atoms in total. The topological polar surface area (TPSA) is 12.0 Å². The number of nitrogens with one attached hydrogen (secondary N) is 1. The zero-order chi connectivity index (χ0) is 12.5. The predicted molar refractivity (Wildman–Crippen MR) is 74.6 cm³/mol. The van der Waals surface area contributed by atoms with Gasteiger partial charge < -0.3 is 5.32 Å². The zero-order valence-corrected chi connectivity index (χ0v) is 11.6. The van der Waals surface area contributed by atoms with E-state index < -0.39 is 0 Å². The fourth-order valence-electron chi connectivity index (χ4n) is 3.29. The van der Waals surface area contributed by atoms with Gasteiger partial charge in [-0.3, -0.25) is 0 Å². The summed E-state index contributed by atoms with van der Waals surface area (Å²) in [5, 5.41) is 3.60. The highest BCUT2D eigenvalue weighted by Crippen LogP contribution is 2.41. The predicted octanol–water partition coefficient (Wildman–Crippen LogP) is 3.72. The molecule has 1 saturated carbocycles. The number of aryl methyl sites for hydroxylation is 2. The lowest BCUT2D eigenvalue weighted by Gasteiger charge is -2.26. The lowest BCUT2D eigenvalue weighted by molar-refractivity contribution is 0.457. The zero-order valence-electron chi connectivity index (χ0n) is 11.6. The van der Waals surface area contributed by atoms with E-state index in [1.165, 1.54) is 36.0 Å². The summed E-state index contributed by atoms with van der Waals surface area (Å²) in [6.45, 7) is 10.1. The van der Waals surface area contributed by atoms with Crippen LogP contribution in [-0.4, -0.2) is 12.6 Å². The molecule has 1 aromatic rings. The Morgan fingerprint density at radius 3 is 2.47 bits per heavy atom. The monoisotopic (exact) mass is 231 g/mol. The van der Waals surface area contributed by atoms with Gasteiger partial charge in [0.05, 0.1) is 0 Å². The number of hydrogen-bond acceptors (Lipinski definition) is 1. The molecule has 1 heteroatoms. The molecule has 1 aliphatic carbocycles. The Morgan fingerprint density at radius 2 is 1.88 bits per heavy atom. The van der Waals surface area contributed by atoms with Crippen LogP contribution in [0.25, 0.3) is 0 Å². The molecule has 2 atom stereocenters. The summed E-state index contributed by atoms with van der Waals surface area (Å²) < 4.78 is 0. The van der Waals surface area contributed by atoms with Crippen LogP contribution >= 0.6 is 0 Å². The molecule has 1 fully saturated rings. The average Bonchev–Trinajstić information content (AvgIpc) is 2.61. The molecule has 2 unspecified atom stereocenters. The molecule has 0 bridgehead atoms. The van der Waals surface area contributed by atoms with Gasteiger partial charge >= 0.3 is 0 Å². The van der Waals surface area contributed by atoms with E-state index in [1.54, 1.807) is 0 Å². The van der Waals surface area contributed by atoms with Gasteiger partial charge in [-0.15, -0.1) is 0 Å². The average molecular weight is 231 g/mol. The molecule has 2 rings (SSSR count). The summed E-state index contributed by atoms with van der Waals surface area (Å²) in [6.07, 6.45) is 3.91.